The average Bonchev–Trinajstić information content (AvgIpc) is 2.87. The molecule has 1 atom stereocenters. The molecule has 1 unspecified atom stereocenters. The van der Waals surface area contributed by atoms with E-state index in [1.54, 1.807) is 52.4 Å². The molecule has 0 aliphatic carbocycles. The van der Waals surface area contributed by atoms with Crippen LogP contribution in [0, 0.1) is 5.92 Å². The third-order valence-corrected chi connectivity index (χ3v) is 6.21. The minimum Gasteiger partial charge on any atom is -0.493 e. The molecule has 204 valence electrons. The first-order chi connectivity index (χ1) is 18.2. The van der Waals surface area contributed by atoms with Crippen molar-refractivity contribution in [2.75, 3.05) is 37.4 Å². The van der Waals surface area contributed by atoms with Crippen LogP contribution < -0.4 is 15.4 Å². The van der Waals surface area contributed by atoms with Crippen LogP contribution in [0.25, 0.3) is 0 Å². The van der Waals surface area contributed by atoms with Gasteiger partial charge in [-0.05, 0) is 48.6 Å². The third kappa shape index (κ3) is 7.92. The molecule has 1 fully saturated rings. The number of nitrogens with one attached hydrogen (secondary N) is 2. The Bertz CT molecular complexity index is 1140. The molecular weight excluding hydrogens is 490 g/mol. The number of aromatic nitrogens is 1. The zero-order valence-electron chi connectivity index (χ0n) is 22.0. The van der Waals surface area contributed by atoms with Crippen molar-refractivity contribution in [1.82, 2.24) is 14.8 Å². The molecule has 11 heteroatoms. The number of urea groups is 1. The second-order valence-electron chi connectivity index (χ2n) is 9.56. The van der Waals surface area contributed by atoms with Crippen LogP contribution in [0.15, 0.2) is 42.6 Å². The number of anilines is 2. The monoisotopic (exact) mass is 525 g/mol. The summed E-state index contributed by atoms with van der Waals surface area (Å²) >= 11 is 0. The van der Waals surface area contributed by atoms with Gasteiger partial charge in [-0.25, -0.2) is 9.78 Å². The number of benzene rings is 1. The number of rotatable bonds is 11. The highest BCUT2D eigenvalue weighted by Gasteiger charge is 2.37. The number of carbonyl (C=O) groups excluding carboxylic acids is 3. The van der Waals surface area contributed by atoms with Crippen LogP contribution in [0.2, 0.25) is 0 Å². The Kier molecular flexibility index (Phi) is 10.0. The molecule has 38 heavy (non-hydrogen) atoms. The highest BCUT2D eigenvalue weighted by atomic mass is 16.5. The van der Waals surface area contributed by atoms with Gasteiger partial charge in [0.25, 0.3) is 0 Å². The lowest BCUT2D eigenvalue weighted by atomic mass is 9.98. The van der Waals surface area contributed by atoms with E-state index in [0.717, 1.165) is 5.56 Å². The number of amides is 4. The summed E-state index contributed by atoms with van der Waals surface area (Å²) in [4.78, 5) is 57.0. The van der Waals surface area contributed by atoms with Gasteiger partial charge in [-0.2, -0.15) is 0 Å². The summed E-state index contributed by atoms with van der Waals surface area (Å²) in [7, 11) is 1.49. The summed E-state index contributed by atoms with van der Waals surface area (Å²) in [5.74, 6) is -0.219. The first-order valence-electron chi connectivity index (χ1n) is 12.6. The molecule has 1 aromatic heterocycles. The van der Waals surface area contributed by atoms with Gasteiger partial charge in [-0.1, -0.05) is 26.0 Å². The Morgan fingerprint density at radius 1 is 1.13 bits per heavy atom. The van der Waals surface area contributed by atoms with Crippen molar-refractivity contribution in [2.45, 2.75) is 45.6 Å². The largest absolute Gasteiger partial charge is 0.493 e. The van der Waals surface area contributed by atoms with Gasteiger partial charge in [0.15, 0.2) is 11.6 Å². The predicted octanol–water partition coefficient (Wildman–Crippen LogP) is 3.23. The molecule has 11 nitrogen and oxygen atoms in total. The smallest absolute Gasteiger partial charge is 0.324 e. The summed E-state index contributed by atoms with van der Waals surface area (Å²) < 4.78 is 5.18. The van der Waals surface area contributed by atoms with Crippen molar-refractivity contribution in [2.24, 2.45) is 5.92 Å². The van der Waals surface area contributed by atoms with Crippen LogP contribution in [0.4, 0.5) is 16.3 Å². The molecule has 3 N–H and O–H groups in total. The Morgan fingerprint density at radius 3 is 2.53 bits per heavy atom. The lowest BCUT2D eigenvalue weighted by Crippen LogP contribution is -2.59. The fourth-order valence-corrected chi connectivity index (χ4v) is 4.36. The van der Waals surface area contributed by atoms with E-state index >= 15 is 0 Å². The Hall–Kier alpha value is -4.15. The number of methoxy groups -OCH3 is 1. The molecule has 2 aromatic rings. The number of hydrogen-bond donors (Lipinski definition) is 3. The maximum atomic E-state index is 13.2. The van der Waals surface area contributed by atoms with Crippen molar-refractivity contribution < 1.29 is 29.0 Å². The SMILES string of the molecule is COc1cccnc1NC(=O)Nc1ccc(CC(=O)N2CCN(CCCC(=O)O)C(=O)C2CC(C)C)cc1. The molecule has 1 saturated heterocycles. The summed E-state index contributed by atoms with van der Waals surface area (Å²) in [6.07, 6.45) is 2.60. The number of carboxylic acid groups (broad SMARTS) is 1. The molecule has 4 amide bonds. The van der Waals surface area contributed by atoms with E-state index < -0.39 is 18.0 Å². The highest BCUT2D eigenvalue weighted by molar-refractivity contribution is 6.00. The number of nitrogens with zero attached hydrogens (tertiary/aromatic N) is 3. The number of piperazine rings is 1. The van der Waals surface area contributed by atoms with Gasteiger partial charge in [-0.15, -0.1) is 0 Å². The first kappa shape index (κ1) is 28.4. The van der Waals surface area contributed by atoms with Gasteiger partial charge in [0, 0.05) is 37.9 Å². The number of hydrogen-bond acceptors (Lipinski definition) is 6. The zero-order valence-corrected chi connectivity index (χ0v) is 22.0. The summed E-state index contributed by atoms with van der Waals surface area (Å²) in [5, 5.41) is 14.2. The van der Waals surface area contributed by atoms with Crippen molar-refractivity contribution in [3.8, 4) is 5.75 Å². The standard InChI is InChI=1S/C27H35N5O6/c1-18(2)16-21-26(36)31(13-5-7-24(34)35)14-15-32(21)23(33)17-19-8-10-20(11-9-19)29-27(37)30-25-22(38-3)6-4-12-28-25/h4,6,8-12,18,21H,5,7,13-17H2,1-3H3,(H,34,35)(H2,28,29,30,37). The maximum absolute atomic E-state index is 13.2. The second-order valence-corrected chi connectivity index (χ2v) is 9.56. The lowest BCUT2D eigenvalue weighted by molar-refractivity contribution is -0.152. The molecule has 2 heterocycles. The number of aliphatic carboxylic acids is 1. The van der Waals surface area contributed by atoms with Gasteiger partial charge in [0.1, 0.15) is 6.04 Å². The molecule has 0 bridgehead atoms. The quantitative estimate of drug-likeness (QED) is 0.409. The molecule has 0 spiro atoms. The Balaban J connectivity index is 1.59. The van der Waals surface area contributed by atoms with Crippen LogP contribution in [-0.4, -0.2) is 76.5 Å². The predicted molar refractivity (Wildman–Crippen MR) is 142 cm³/mol. The van der Waals surface area contributed by atoms with E-state index in [-0.39, 0.29) is 30.6 Å². The van der Waals surface area contributed by atoms with Gasteiger partial charge in [-0.3, -0.25) is 19.7 Å². The van der Waals surface area contributed by atoms with E-state index in [9.17, 15) is 19.2 Å². The fourth-order valence-electron chi connectivity index (χ4n) is 4.36. The van der Waals surface area contributed by atoms with Gasteiger partial charge in [0.05, 0.1) is 13.5 Å². The van der Waals surface area contributed by atoms with Crippen molar-refractivity contribution in [1.29, 1.82) is 0 Å². The van der Waals surface area contributed by atoms with Crippen LogP contribution in [-0.2, 0) is 20.8 Å². The minimum absolute atomic E-state index is 0.00508. The highest BCUT2D eigenvalue weighted by Crippen LogP contribution is 2.22. The van der Waals surface area contributed by atoms with Crippen LogP contribution in [0.3, 0.4) is 0 Å². The Labute approximate surface area is 222 Å². The first-order valence-corrected chi connectivity index (χ1v) is 12.6. The lowest BCUT2D eigenvalue weighted by Gasteiger charge is -2.41. The van der Waals surface area contributed by atoms with Crippen LogP contribution in [0.1, 0.15) is 38.7 Å². The van der Waals surface area contributed by atoms with Crippen molar-refractivity contribution >= 4 is 35.3 Å². The van der Waals surface area contributed by atoms with Gasteiger partial charge >= 0.3 is 12.0 Å². The van der Waals surface area contributed by atoms with E-state index in [2.05, 4.69) is 15.6 Å². The van der Waals surface area contributed by atoms with Gasteiger partial charge in [0.2, 0.25) is 11.8 Å². The molecule has 1 aliphatic heterocycles. The number of carbonyl (C=O) groups is 4. The Morgan fingerprint density at radius 2 is 1.87 bits per heavy atom. The minimum atomic E-state index is -0.889. The second kappa shape index (κ2) is 13.4. The number of carboxylic acids is 1. The van der Waals surface area contributed by atoms with E-state index in [0.29, 0.717) is 49.7 Å². The average molecular weight is 526 g/mol. The number of pyridine rings is 1. The van der Waals surface area contributed by atoms with Crippen molar-refractivity contribution in [3.63, 3.8) is 0 Å². The molecular formula is C27H35N5O6. The van der Waals surface area contributed by atoms with Crippen LogP contribution in [0.5, 0.6) is 5.75 Å². The molecule has 1 aliphatic rings. The van der Waals surface area contributed by atoms with E-state index in [1.807, 2.05) is 13.8 Å². The topological polar surface area (TPSA) is 141 Å². The normalized spacial score (nSPS) is 15.4. The van der Waals surface area contributed by atoms with Crippen molar-refractivity contribution in [3.05, 3.63) is 48.2 Å². The molecule has 0 radical (unpaired) electrons. The van der Waals surface area contributed by atoms with Gasteiger partial charge < -0.3 is 25.0 Å². The summed E-state index contributed by atoms with van der Waals surface area (Å²) in [5.41, 5.74) is 1.29. The molecule has 3 rings (SSSR count). The summed E-state index contributed by atoms with van der Waals surface area (Å²) in [6, 6.07) is 9.27. The molecule has 0 saturated carbocycles. The third-order valence-electron chi connectivity index (χ3n) is 6.21. The molecule has 1 aromatic carbocycles. The van der Waals surface area contributed by atoms with E-state index in [1.165, 1.54) is 7.11 Å². The maximum Gasteiger partial charge on any atom is 0.324 e. The number of ether oxygens (including phenoxy) is 1. The van der Waals surface area contributed by atoms with Crippen LogP contribution >= 0.6 is 0 Å². The zero-order chi connectivity index (χ0) is 27.7. The summed E-state index contributed by atoms with van der Waals surface area (Å²) in [6.45, 7) is 5.18. The fraction of sp³-hybridized carbons (Fsp3) is 0.444. The van der Waals surface area contributed by atoms with E-state index in [4.69, 9.17) is 9.84 Å².